The third-order valence-corrected chi connectivity index (χ3v) is 3.36. The first-order valence-corrected chi connectivity index (χ1v) is 6.15. The van der Waals surface area contributed by atoms with E-state index in [1.165, 1.54) is 0 Å². The lowest BCUT2D eigenvalue weighted by Crippen LogP contribution is -2.14. The molecule has 0 aliphatic carbocycles. The normalized spacial score (nSPS) is 10.4. The van der Waals surface area contributed by atoms with Crippen molar-refractivity contribution in [2.24, 2.45) is 0 Å². The van der Waals surface area contributed by atoms with Crippen molar-refractivity contribution in [3.8, 4) is 0 Å². The topological polar surface area (TPSA) is 68.0 Å². The average molecular weight is 310 g/mol. The van der Waals surface area contributed by atoms with Crippen LogP contribution >= 0.6 is 15.9 Å². The maximum atomic E-state index is 12.1. The molecule has 0 saturated heterocycles. The zero-order chi connectivity index (χ0) is 13.3. The van der Waals surface area contributed by atoms with E-state index in [2.05, 4.69) is 31.4 Å². The largest absolute Gasteiger partial charge is 0.361 e. The number of rotatable bonds is 2. The van der Waals surface area contributed by atoms with Gasteiger partial charge in [0.2, 0.25) is 0 Å². The number of nitrogens with one attached hydrogen (secondary N) is 1. The molecule has 2 rings (SSSR count). The number of anilines is 1. The molecule has 0 bridgehead atoms. The minimum atomic E-state index is -0.263. The van der Waals surface area contributed by atoms with Crippen molar-refractivity contribution < 1.29 is 9.32 Å². The van der Waals surface area contributed by atoms with Gasteiger partial charge in [0.25, 0.3) is 5.91 Å². The Bertz CT molecular complexity index is 588. The van der Waals surface area contributed by atoms with E-state index in [-0.39, 0.29) is 5.91 Å². The number of pyridine rings is 1. The molecule has 18 heavy (non-hydrogen) atoms. The number of nitrogens with zero attached hydrogens (tertiary/aromatic N) is 2. The smallest absolute Gasteiger partial charge is 0.262 e. The summed E-state index contributed by atoms with van der Waals surface area (Å²) < 4.78 is 5.86. The van der Waals surface area contributed by atoms with Gasteiger partial charge in [0.05, 0.1) is 11.4 Å². The predicted molar refractivity (Wildman–Crippen MR) is 70.6 cm³/mol. The maximum absolute atomic E-state index is 12.1. The van der Waals surface area contributed by atoms with E-state index in [0.29, 0.717) is 22.8 Å². The molecule has 0 saturated carbocycles. The molecule has 1 N–H and O–H groups in total. The van der Waals surface area contributed by atoms with Crippen molar-refractivity contribution in [2.45, 2.75) is 20.8 Å². The number of halogens is 1. The highest BCUT2D eigenvalue weighted by Crippen LogP contribution is 2.18. The van der Waals surface area contributed by atoms with Gasteiger partial charge in [0.1, 0.15) is 17.1 Å². The molecule has 0 aromatic carbocycles. The molecule has 2 heterocycles. The highest BCUT2D eigenvalue weighted by atomic mass is 79.9. The van der Waals surface area contributed by atoms with Gasteiger partial charge in [-0.05, 0) is 48.8 Å². The number of aromatic nitrogens is 2. The fraction of sp³-hybridized carbons (Fsp3) is 0.250. The zero-order valence-corrected chi connectivity index (χ0v) is 11.8. The van der Waals surface area contributed by atoms with Gasteiger partial charge in [-0.25, -0.2) is 4.98 Å². The number of carbonyl (C=O) groups excluding carboxylic acids is 1. The van der Waals surface area contributed by atoms with Crippen molar-refractivity contribution >= 4 is 27.7 Å². The molecule has 0 aliphatic rings. The van der Waals surface area contributed by atoms with Gasteiger partial charge >= 0.3 is 0 Å². The fourth-order valence-corrected chi connectivity index (χ4v) is 1.82. The molecule has 1 amide bonds. The van der Waals surface area contributed by atoms with Crippen LogP contribution in [0.4, 0.5) is 5.82 Å². The summed E-state index contributed by atoms with van der Waals surface area (Å²) in [6.07, 6.45) is 0. The third-order valence-electron chi connectivity index (χ3n) is 2.52. The molecular weight excluding hydrogens is 298 g/mol. The van der Waals surface area contributed by atoms with Gasteiger partial charge in [-0.15, -0.1) is 0 Å². The number of amides is 1. The molecule has 0 unspecified atom stereocenters. The Morgan fingerprint density at radius 1 is 1.28 bits per heavy atom. The summed E-state index contributed by atoms with van der Waals surface area (Å²) in [7, 11) is 0. The molecule has 2 aromatic heterocycles. The molecule has 2 aromatic rings. The Morgan fingerprint density at radius 3 is 2.56 bits per heavy atom. The highest BCUT2D eigenvalue weighted by Gasteiger charge is 2.17. The van der Waals surface area contributed by atoms with Crippen molar-refractivity contribution in [1.82, 2.24) is 10.1 Å². The van der Waals surface area contributed by atoms with E-state index >= 15 is 0 Å². The van der Waals surface area contributed by atoms with Crippen LogP contribution in [0, 0.1) is 20.8 Å². The van der Waals surface area contributed by atoms with E-state index in [9.17, 15) is 4.79 Å². The van der Waals surface area contributed by atoms with Crippen LogP contribution in [0.5, 0.6) is 0 Å². The standard InChI is InChI=1S/C12H12BrN3O2/c1-6-9(13)4-5-10(14-6)15-12(17)11-7(2)16-18-8(11)3/h4-5H,1-3H3,(H,14,15,17). The van der Waals surface area contributed by atoms with Crippen molar-refractivity contribution in [3.05, 3.63) is 39.3 Å². The number of hydrogen-bond acceptors (Lipinski definition) is 4. The summed E-state index contributed by atoms with van der Waals surface area (Å²) in [6, 6.07) is 3.57. The van der Waals surface area contributed by atoms with Crippen LogP contribution in [0.25, 0.3) is 0 Å². The summed E-state index contributed by atoms with van der Waals surface area (Å²) in [5.74, 6) is 0.736. The van der Waals surface area contributed by atoms with Crippen molar-refractivity contribution in [3.63, 3.8) is 0 Å². The molecule has 0 aliphatic heterocycles. The first kappa shape index (κ1) is 12.8. The van der Waals surface area contributed by atoms with Gasteiger partial charge in [-0.1, -0.05) is 5.16 Å². The molecule has 0 fully saturated rings. The quantitative estimate of drug-likeness (QED) is 0.926. The first-order valence-electron chi connectivity index (χ1n) is 5.36. The number of carbonyl (C=O) groups is 1. The van der Waals surface area contributed by atoms with Crippen LogP contribution in [0.15, 0.2) is 21.1 Å². The molecular formula is C12H12BrN3O2. The van der Waals surface area contributed by atoms with Gasteiger partial charge in [0, 0.05) is 4.47 Å². The Morgan fingerprint density at radius 2 is 2.00 bits per heavy atom. The van der Waals surface area contributed by atoms with Crippen molar-refractivity contribution in [2.75, 3.05) is 5.32 Å². The van der Waals surface area contributed by atoms with Crippen LogP contribution in [-0.2, 0) is 0 Å². The zero-order valence-electron chi connectivity index (χ0n) is 10.2. The Balaban J connectivity index is 2.24. The second-order valence-electron chi connectivity index (χ2n) is 3.92. The second kappa shape index (κ2) is 4.89. The van der Waals surface area contributed by atoms with Gasteiger partial charge in [-0.2, -0.15) is 0 Å². The Hall–Kier alpha value is -1.69. The number of aryl methyl sites for hydroxylation is 3. The molecule has 0 atom stereocenters. The van der Waals surface area contributed by atoms with E-state index in [0.717, 1.165) is 10.2 Å². The van der Waals surface area contributed by atoms with E-state index in [1.807, 2.05) is 13.0 Å². The average Bonchev–Trinajstić information content (AvgIpc) is 2.64. The van der Waals surface area contributed by atoms with Crippen LogP contribution in [-0.4, -0.2) is 16.0 Å². The molecule has 0 spiro atoms. The monoisotopic (exact) mass is 309 g/mol. The summed E-state index contributed by atoms with van der Waals surface area (Å²) in [5, 5.41) is 6.47. The number of hydrogen-bond donors (Lipinski definition) is 1. The molecule has 6 heteroatoms. The second-order valence-corrected chi connectivity index (χ2v) is 4.77. The maximum Gasteiger partial charge on any atom is 0.262 e. The molecule has 0 radical (unpaired) electrons. The highest BCUT2D eigenvalue weighted by molar-refractivity contribution is 9.10. The third kappa shape index (κ3) is 2.43. The van der Waals surface area contributed by atoms with E-state index in [4.69, 9.17) is 4.52 Å². The fourth-order valence-electron chi connectivity index (χ4n) is 1.60. The SMILES string of the molecule is Cc1nc(NC(=O)c2c(C)noc2C)ccc1Br. The summed E-state index contributed by atoms with van der Waals surface area (Å²) in [5.41, 5.74) is 1.84. The van der Waals surface area contributed by atoms with Crippen LogP contribution in [0.3, 0.4) is 0 Å². The lowest BCUT2D eigenvalue weighted by Gasteiger charge is -2.05. The summed E-state index contributed by atoms with van der Waals surface area (Å²) >= 11 is 3.36. The molecule has 5 nitrogen and oxygen atoms in total. The summed E-state index contributed by atoms with van der Waals surface area (Å²) in [6.45, 7) is 5.29. The van der Waals surface area contributed by atoms with E-state index in [1.54, 1.807) is 19.9 Å². The Kier molecular flexibility index (Phi) is 3.47. The molecule has 94 valence electrons. The minimum absolute atomic E-state index is 0.263. The van der Waals surface area contributed by atoms with Crippen LogP contribution in [0.1, 0.15) is 27.5 Å². The van der Waals surface area contributed by atoms with Gasteiger partial charge in [-0.3, -0.25) is 4.79 Å². The van der Waals surface area contributed by atoms with Crippen LogP contribution in [0.2, 0.25) is 0 Å². The van der Waals surface area contributed by atoms with Crippen LogP contribution < -0.4 is 5.32 Å². The van der Waals surface area contributed by atoms with Crippen molar-refractivity contribution in [1.29, 1.82) is 0 Å². The minimum Gasteiger partial charge on any atom is -0.361 e. The lowest BCUT2D eigenvalue weighted by molar-refractivity contribution is 0.102. The summed E-state index contributed by atoms with van der Waals surface area (Å²) in [4.78, 5) is 16.3. The van der Waals surface area contributed by atoms with Gasteiger partial charge in [0.15, 0.2) is 0 Å². The lowest BCUT2D eigenvalue weighted by atomic mass is 10.2. The van der Waals surface area contributed by atoms with Gasteiger partial charge < -0.3 is 9.84 Å². The van der Waals surface area contributed by atoms with E-state index < -0.39 is 0 Å². The predicted octanol–water partition coefficient (Wildman–Crippen LogP) is 3.01. The first-order chi connectivity index (χ1) is 8.49. The Labute approximate surface area is 113 Å².